The maximum Gasteiger partial charge on any atom is 0.281 e. The predicted molar refractivity (Wildman–Crippen MR) is 115 cm³/mol. The number of fused-ring (bicyclic) bond motifs is 1. The lowest BCUT2D eigenvalue weighted by atomic mass is 10.1. The van der Waals surface area contributed by atoms with Crippen molar-refractivity contribution in [2.45, 2.75) is 13.0 Å². The van der Waals surface area contributed by atoms with E-state index in [1.807, 2.05) is 30.3 Å². The Balaban J connectivity index is 1.53. The summed E-state index contributed by atoms with van der Waals surface area (Å²) in [6.07, 6.45) is 0.100. The van der Waals surface area contributed by atoms with Crippen molar-refractivity contribution in [2.75, 3.05) is 12.0 Å². The molecule has 29 heavy (non-hydrogen) atoms. The third-order valence-electron chi connectivity index (χ3n) is 4.88. The molecule has 0 radical (unpaired) electrons. The number of aromatic nitrogens is 2. The fraction of sp³-hybridized carbons (Fsp3) is 0.200. The van der Waals surface area contributed by atoms with Crippen LogP contribution in [0.15, 0.2) is 57.8 Å². The number of carbonyl (C=O) groups is 2. The van der Waals surface area contributed by atoms with E-state index in [1.54, 1.807) is 23.1 Å². The van der Waals surface area contributed by atoms with Crippen LogP contribution < -0.4 is 11.0 Å². The summed E-state index contributed by atoms with van der Waals surface area (Å²) < 4.78 is 1.85. The highest BCUT2D eigenvalue weighted by Gasteiger charge is 2.34. The lowest BCUT2D eigenvalue weighted by molar-refractivity contribution is -0.128. The number of halogens is 1. The molecule has 1 fully saturated rings. The molecule has 3 aromatic rings. The molecule has 1 unspecified atom stereocenters. The second kappa shape index (κ2) is 7.92. The SMILES string of the molecule is O=C(Nn1c(=S)[nH]c2ccc(Br)cc2c1=O)C1CC(=O)N(Cc2ccccc2)C1. The highest BCUT2D eigenvalue weighted by Crippen LogP contribution is 2.21. The molecule has 0 aliphatic carbocycles. The predicted octanol–water partition coefficient (Wildman–Crippen LogP) is 2.94. The lowest BCUT2D eigenvalue weighted by Gasteiger charge is -2.17. The van der Waals surface area contributed by atoms with E-state index in [0.29, 0.717) is 24.0 Å². The van der Waals surface area contributed by atoms with Gasteiger partial charge in [0, 0.05) is 24.0 Å². The van der Waals surface area contributed by atoms with E-state index >= 15 is 0 Å². The zero-order valence-electron chi connectivity index (χ0n) is 15.2. The van der Waals surface area contributed by atoms with Crippen molar-refractivity contribution < 1.29 is 9.59 Å². The van der Waals surface area contributed by atoms with Gasteiger partial charge in [0.25, 0.3) is 5.56 Å². The molecule has 1 aliphatic rings. The van der Waals surface area contributed by atoms with Crippen LogP contribution in [0.25, 0.3) is 10.9 Å². The van der Waals surface area contributed by atoms with E-state index in [1.165, 1.54) is 0 Å². The molecule has 1 aliphatic heterocycles. The largest absolute Gasteiger partial charge is 0.338 e. The number of likely N-dealkylation sites (tertiary alicyclic amines) is 1. The number of benzene rings is 2. The Hall–Kier alpha value is -2.78. The summed E-state index contributed by atoms with van der Waals surface area (Å²) >= 11 is 8.57. The molecule has 1 atom stereocenters. The Bertz CT molecular complexity index is 1220. The number of hydrogen-bond donors (Lipinski definition) is 2. The second-order valence-electron chi connectivity index (χ2n) is 6.90. The van der Waals surface area contributed by atoms with Gasteiger partial charge in [-0.15, -0.1) is 0 Å². The number of carbonyl (C=O) groups excluding carboxylic acids is 2. The van der Waals surface area contributed by atoms with E-state index in [9.17, 15) is 14.4 Å². The first-order valence-electron chi connectivity index (χ1n) is 8.99. The van der Waals surface area contributed by atoms with Gasteiger partial charge in [0.05, 0.1) is 16.8 Å². The fourth-order valence-corrected chi connectivity index (χ4v) is 3.99. The molecule has 0 spiro atoms. The molecule has 0 bridgehead atoms. The van der Waals surface area contributed by atoms with E-state index in [4.69, 9.17) is 12.2 Å². The van der Waals surface area contributed by atoms with Gasteiger partial charge in [-0.3, -0.25) is 19.8 Å². The Morgan fingerprint density at radius 3 is 2.72 bits per heavy atom. The van der Waals surface area contributed by atoms with E-state index in [2.05, 4.69) is 26.3 Å². The van der Waals surface area contributed by atoms with Crippen LogP contribution >= 0.6 is 28.1 Å². The van der Waals surface area contributed by atoms with Crippen LogP contribution in [0.5, 0.6) is 0 Å². The summed E-state index contributed by atoms with van der Waals surface area (Å²) in [4.78, 5) is 42.5. The summed E-state index contributed by atoms with van der Waals surface area (Å²) in [7, 11) is 0. The summed E-state index contributed by atoms with van der Waals surface area (Å²) in [5.41, 5.74) is 3.73. The molecule has 148 valence electrons. The summed E-state index contributed by atoms with van der Waals surface area (Å²) in [6.45, 7) is 0.747. The van der Waals surface area contributed by atoms with Gasteiger partial charge in [-0.2, -0.15) is 4.68 Å². The first kappa shape index (κ1) is 19.5. The first-order valence-corrected chi connectivity index (χ1v) is 10.2. The summed E-state index contributed by atoms with van der Waals surface area (Å²) in [6, 6.07) is 14.8. The van der Waals surface area contributed by atoms with E-state index in [0.717, 1.165) is 14.7 Å². The van der Waals surface area contributed by atoms with Crippen LogP contribution in [0.1, 0.15) is 12.0 Å². The minimum absolute atomic E-state index is 0.0867. The van der Waals surface area contributed by atoms with Crippen LogP contribution in [0.4, 0.5) is 0 Å². The van der Waals surface area contributed by atoms with Crippen LogP contribution in [0.2, 0.25) is 0 Å². The van der Waals surface area contributed by atoms with Gasteiger partial charge in [0.2, 0.25) is 11.8 Å². The normalized spacial score (nSPS) is 16.4. The third-order valence-corrected chi connectivity index (χ3v) is 5.66. The minimum Gasteiger partial charge on any atom is -0.338 e. The smallest absolute Gasteiger partial charge is 0.281 e. The molecule has 7 nitrogen and oxygen atoms in total. The van der Waals surface area contributed by atoms with Crippen molar-refractivity contribution in [3.05, 3.63) is 73.7 Å². The maximum atomic E-state index is 12.8. The van der Waals surface area contributed by atoms with E-state index in [-0.39, 0.29) is 17.1 Å². The molecule has 2 heterocycles. The lowest BCUT2D eigenvalue weighted by Crippen LogP contribution is -2.38. The topological polar surface area (TPSA) is 87.2 Å². The third kappa shape index (κ3) is 4.01. The van der Waals surface area contributed by atoms with Gasteiger partial charge in [0.15, 0.2) is 4.77 Å². The Morgan fingerprint density at radius 2 is 1.97 bits per heavy atom. The molecule has 2 amide bonds. The van der Waals surface area contributed by atoms with Crippen molar-refractivity contribution in [2.24, 2.45) is 5.92 Å². The fourth-order valence-electron chi connectivity index (χ4n) is 3.39. The molecule has 1 aromatic heterocycles. The van der Waals surface area contributed by atoms with Crippen LogP contribution in [-0.2, 0) is 16.1 Å². The van der Waals surface area contributed by atoms with Gasteiger partial charge in [-0.1, -0.05) is 46.3 Å². The molecule has 4 rings (SSSR count). The van der Waals surface area contributed by atoms with Crippen molar-refractivity contribution in [3.8, 4) is 0 Å². The zero-order valence-corrected chi connectivity index (χ0v) is 17.6. The highest BCUT2D eigenvalue weighted by molar-refractivity contribution is 9.10. The van der Waals surface area contributed by atoms with Crippen molar-refractivity contribution >= 4 is 50.9 Å². The monoisotopic (exact) mass is 472 g/mol. The quantitative estimate of drug-likeness (QED) is 0.571. The number of nitrogens with one attached hydrogen (secondary N) is 2. The molecular formula is C20H17BrN4O3S. The molecular weight excluding hydrogens is 456 g/mol. The molecule has 2 N–H and O–H groups in total. The Morgan fingerprint density at radius 1 is 1.21 bits per heavy atom. The first-order chi connectivity index (χ1) is 13.9. The van der Waals surface area contributed by atoms with E-state index < -0.39 is 17.4 Å². The van der Waals surface area contributed by atoms with Crippen LogP contribution in [0.3, 0.4) is 0 Å². The number of nitrogens with zero attached hydrogens (tertiary/aromatic N) is 2. The van der Waals surface area contributed by atoms with Crippen LogP contribution in [-0.4, -0.2) is 32.9 Å². The molecule has 2 aromatic carbocycles. The average molecular weight is 473 g/mol. The van der Waals surface area contributed by atoms with Gasteiger partial charge in [0.1, 0.15) is 0 Å². The van der Waals surface area contributed by atoms with Gasteiger partial charge >= 0.3 is 0 Å². The Labute approximate surface area is 179 Å². The summed E-state index contributed by atoms with van der Waals surface area (Å²) in [5.74, 6) is -1.05. The van der Waals surface area contributed by atoms with Gasteiger partial charge in [-0.25, -0.2) is 0 Å². The molecule has 0 saturated carbocycles. The molecule has 9 heteroatoms. The number of rotatable bonds is 4. The Kier molecular flexibility index (Phi) is 5.33. The average Bonchev–Trinajstić information content (AvgIpc) is 3.07. The van der Waals surface area contributed by atoms with Crippen molar-refractivity contribution in [3.63, 3.8) is 0 Å². The van der Waals surface area contributed by atoms with Gasteiger partial charge in [-0.05, 0) is 36.0 Å². The standard InChI is InChI=1S/C20H17BrN4O3S/c21-14-6-7-16-15(9-14)19(28)25(20(29)22-16)23-18(27)13-8-17(26)24(11-13)10-12-4-2-1-3-5-12/h1-7,9,13H,8,10-11H2,(H,22,29)(H,23,27). The van der Waals surface area contributed by atoms with Gasteiger partial charge < -0.3 is 9.88 Å². The number of hydrogen-bond acceptors (Lipinski definition) is 4. The maximum absolute atomic E-state index is 12.8. The number of aromatic amines is 1. The van der Waals surface area contributed by atoms with Crippen molar-refractivity contribution in [1.82, 2.24) is 14.6 Å². The summed E-state index contributed by atoms with van der Waals surface area (Å²) in [5, 5.41) is 0.390. The molecule has 1 saturated heterocycles. The van der Waals surface area contributed by atoms with Crippen molar-refractivity contribution in [1.29, 1.82) is 0 Å². The number of H-pyrrole nitrogens is 1. The zero-order chi connectivity index (χ0) is 20.5. The number of amides is 2. The minimum atomic E-state index is -0.550. The highest BCUT2D eigenvalue weighted by atomic mass is 79.9. The van der Waals surface area contributed by atoms with Crippen LogP contribution in [0, 0.1) is 10.7 Å². The second-order valence-corrected chi connectivity index (χ2v) is 8.20.